The minimum atomic E-state index is -3.64. The van der Waals surface area contributed by atoms with Crippen molar-refractivity contribution in [1.82, 2.24) is 4.31 Å². The Labute approximate surface area is 169 Å². The first-order chi connectivity index (χ1) is 13.6. The van der Waals surface area contributed by atoms with Gasteiger partial charge in [0.1, 0.15) is 0 Å². The van der Waals surface area contributed by atoms with Gasteiger partial charge in [0.05, 0.1) is 10.6 Å². The number of hydrogen-bond acceptors (Lipinski definition) is 5. The van der Waals surface area contributed by atoms with Crippen molar-refractivity contribution in [3.05, 3.63) is 53.6 Å². The highest BCUT2D eigenvalue weighted by Crippen LogP contribution is 2.25. The summed E-state index contributed by atoms with van der Waals surface area (Å²) in [6.07, 6.45) is 0.374. The molecule has 0 atom stereocenters. The van der Waals surface area contributed by atoms with Crippen LogP contribution >= 0.6 is 0 Å². The molecule has 29 heavy (non-hydrogen) atoms. The van der Waals surface area contributed by atoms with E-state index in [4.69, 9.17) is 0 Å². The first-order valence-corrected chi connectivity index (χ1v) is 10.4. The summed E-state index contributed by atoms with van der Waals surface area (Å²) in [5.74, 6) is -0.962. The smallest absolute Gasteiger partial charge is 0.255 e. The van der Waals surface area contributed by atoms with E-state index >= 15 is 0 Å². The fourth-order valence-corrected chi connectivity index (χ4v) is 4.13. The van der Waals surface area contributed by atoms with Crippen molar-refractivity contribution in [2.24, 2.45) is 0 Å². The molecular formula is C20H21N3O5S. The van der Waals surface area contributed by atoms with E-state index in [-0.39, 0.29) is 29.6 Å². The molecule has 1 saturated heterocycles. The third-order valence-electron chi connectivity index (χ3n) is 4.64. The Morgan fingerprint density at radius 2 is 1.59 bits per heavy atom. The maximum Gasteiger partial charge on any atom is 0.255 e. The summed E-state index contributed by atoms with van der Waals surface area (Å²) in [6, 6.07) is 10.8. The summed E-state index contributed by atoms with van der Waals surface area (Å²) in [7, 11) is -0.760. The standard InChI is InChI=1S/C20H21N3O5S/c1-13-4-7-15(12-17(13)29(27,28)22(2)3)21-20(26)14-5-8-16(9-6-14)23-18(24)10-11-19(23)25/h4-9,12H,10-11H2,1-3H3,(H,21,26). The predicted molar refractivity (Wildman–Crippen MR) is 108 cm³/mol. The van der Waals surface area contributed by atoms with E-state index in [1.165, 1.54) is 44.4 Å². The first-order valence-electron chi connectivity index (χ1n) is 8.91. The van der Waals surface area contributed by atoms with Gasteiger partial charge in [-0.05, 0) is 48.9 Å². The van der Waals surface area contributed by atoms with Crippen molar-refractivity contribution in [3.8, 4) is 0 Å². The Morgan fingerprint density at radius 3 is 2.14 bits per heavy atom. The summed E-state index contributed by atoms with van der Waals surface area (Å²) < 4.78 is 26.0. The van der Waals surface area contributed by atoms with Gasteiger partial charge in [0, 0.05) is 38.2 Å². The minimum absolute atomic E-state index is 0.113. The van der Waals surface area contributed by atoms with Crippen LogP contribution in [0.3, 0.4) is 0 Å². The van der Waals surface area contributed by atoms with Gasteiger partial charge in [-0.1, -0.05) is 6.07 Å². The quantitative estimate of drug-likeness (QED) is 0.754. The molecule has 2 aromatic rings. The molecule has 3 rings (SSSR count). The Kier molecular flexibility index (Phi) is 5.54. The molecule has 0 radical (unpaired) electrons. The summed E-state index contributed by atoms with van der Waals surface area (Å²) in [4.78, 5) is 37.4. The zero-order valence-corrected chi connectivity index (χ0v) is 17.1. The highest BCUT2D eigenvalue weighted by Gasteiger charge is 2.30. The second-order valence-electron chi connectivity index (χ2n) is 6.89. The third kappa shape index (κ3) is 4.06. The third-order valence-corrected chi connectivity index (χ3v) is 6.60. The average molecular weight is 415 g/mol. The molecule has 1 N–H and O–H groups in total. The molecule has 0 saturated carbocycles. The number of anilines is 2. The van der Waals surface area contributed by atoms with Crippen LogP contribution in [-0.2, 0) is 19.6 Å². The zero-order chi connectivity index (χ0) is 21.3. The van der Waals surface area contributed by atoms with Crippen LogP contribution in [0.15, 0.2) is 47.4 Å². The lowest BCUT2D eigenvalue weighted by Crippen LogP contribution is -2.28. The molecule has 0 spiro atoms. The molecule has 152 valence electrons. The average Bonchev–Trinajstić information content (AvgIpc) is 3.01. The normalized spacial score (nSPS) is 14.6. The van der Waals surface area contributed by atoms with Crippen LogP contribution in [0, 0.1) is 6.92 Å². The van der Waals surface area contributed by atoms with Crippen molar-refractivity contribution >= 4 is 39.1 Å². The van der Waals surface area contributed by atoms with Crippen molar-refractivity contribution in [1.29, 1.82) is 0 Å². The molecule has 0 bridgehead atoms. The van der Waals surface area contributed by atoms with Crippen LogP contribution in [0.25, 0.3) is 0 Å². The molecule has 3 amide bonds. The number of amides is 3. The predicted octanol–water partition coefficient (Wildman–Crippen LogP) is 2.15. The van der Waals surface area contributed by atoms with Gasteiger partial charge in [-0.2, -0.15) is 0 Å². The van der Waals surface area contributed by atoms with Gasteiger partial charge >= 0.3 is 0 Å². The molecule has 8 nitrogen and oxygen atoms in total. The second kappa shape index (κ2) is 7.76. The van der Waals surface area contributed by atoms with Gasteiger partial charge < -0.3 is 5.32 Å². The lowest BCUT2D eigenvalue weighted by Gasteiger charge is -2.16. The molecule has 9 heteroatoms. The van der Waals surface area contributed by atoms with Crippen LogP contribution < -0.4 is 10.2 Å². The first kappa shape index (κ1) is 20.7. The van der Waals surface area contributed by atoms with Crippen molar-refractivity contribution in [2.75, 3.05) is 24.3 Å². The lowest BCUT2D eigenvalue weighted by molar-refractivity contribution is -0.121. The summed E-state index contributed by atoms with van der Waals surface area (Å²) in [5, 5.41) is 2.67. The molecule has 2 aromatic carbocycles. The van der Waals surface area contributed by atoms with Gasteiger partial charge in [-0.3, -0.25) is 19.3 Å². The van der Waals surface area contributed by atoms with Crippen molar-refractivity contribution < 1.29 is 22.8 Å². The van der Waals surface area contributed by atoms with Gasteiger partial charge in [0.2, 0.25) is 21.8 Å². The van der Waals surface area contributed by atoms with E-state index in [0.717, 1.165) is 9.21 Å². The van der Waals surface area contributed by atoms with E-state index in [0.29, 0.717) is 22.5 Å². The topological polar surface area (TPSA) is 104 Å². The molecule has 1 heterocycles. The van der Waals surface area contributed by atoms with Crippen LogP contribution in [0.5, 0.6) is 0 Å². The minimum Gasteiger partial charge on any atom is -0.322 e. The maximum atomic E-state index is 12.5. The van der Waals surface area contributed by atoms with Crippen molar-refractivity contribution in [2.45, 2.75) is 24.7 Å². The number of imide groups is 1. The van der Waals surface area contributed by atoms with Gasteiger partial charge in [-0.25, -0.2) is 12.7 Å². The number of carbonyl (C=O) groups excluding carboxylic acids is 3. The number of benzene rings is 2. The summed E-state index contributed by atoms with van der Waals surface area (Å²) in [6.45, 7) is 1.68. The number of sulfonamides is 1. The molecule has 0 aromatic heterocycles. The summed E-state index contributed by atoms with van der Waals surface area (Å²) in [5.41, 5.74) is 1.64. The molecule has 1 aliphatic rings. The van der Waals surface area contributed by atoms with Gasteiger partial charge in [0.15, 0.2) is 0 Å². The molecule has 0 aliphatic carbocycles. The van der Waals surface area contributed by atoms with Crippen LogP contribution in [0.1, 0.15) is 28.8 Å². The number of rotatable bonds is 5. The maximum absolute atomic E-state index is 12.5. The second-order valence-corrected chi connectivity index (χ2v) is 9.01. The molecule has 1 fully saturated rings. The van der Waals surface area contributed by atoms with E-state index in [1.807, 2.05) is 0 Å². The van der Waals surface area contributed by atoms with Crippen molar-refractivity contribution in [3.63, 3.8) is 0 Å². The fraction of sp³-hybridized carbons (Fsp3) is 0.250. The van der Waals surface area contributed by atoms with Crippen LogP contribution in [0.2, 0.25) is 0 Å². The van der Waals surface area contributed by atoms with Crippen LogP contribution in [-0.4, -0.2) is 44.5 Å². The monoisotopic (exact) mass is 415 g/mol. The Morgan fingerprint density at radius 1 is 1.00 bits per heavy atom. The van der Waals surface area contributed by atoms with E-state index in [2.05, 4.69) is 5.32 Å². The van der Waals surface area contributed by atoms with E-state index < -0.39 is 15.9 Å². The van der Waals surface area contributed by atoms with E-state index in [9.17, 15) is 22.8 Å². The number of nitrogens with zero attached hydrogens (tertiary/aromatic N) is 2. The lowest BCUT2D eigenvalue weighted by atomic mass is 10.1. The Hall–Kier alpha value is -3.04. The highest BCUT2D eigenvalue weighted by atomic mass is 32.2. The largest absolute Gasteiger partial charge is 0.322 e. The number of aryl methyl sites for hydroxylation is 1. The number of hydrogen-bond donors (Lipinski definition) is 1. The SMILES string of the molecule is Cc1ccc(NC(=O)c2ccc(N3C(=O)CCC3=O)cc2)cc1S(=O)(=O)N(C)C. The van der Waals surface area contributed by atoms with Gasteiger partial charge in [-0.15, -0.1) is 0 Å². The fourth-order valence-electron chi connectivity index (χ4n) is 2.98. The number of nitrogens with one attached hydrogen (secondary N) is 1. The molecular weight excluding hydrogens is 394 g/mol. The molecule has 0 unspecified atom stereocenters. The van der Waals surface area contributed by atoms with Gasteiger partial charge in [0.25, 0.3) is 5.91 Å². The van der Waals surface area contributed by atoms with Crippen LogP contribution in [0.4, 0.5) is 11.4 Å². The highest BCUT2D eigenvalue weighted by molar-refractivity contribution is 7.89. The summed E-state index contributed by atoms with van der Waals surface area (Å²) >= 11 is 0. The number of carbonyl (C=O) groups is 3. The Balaban J connectivity index is 1.80. The zero-order valence-electron chi connectivity index (χ0n) is 16.3. The Bertz CT molecular complexity index is 1080. The van der Waals surface area contributed by atoms with E-state index in [1.54, 1.807) is 19.1 Å². The molecule has 1 aliphatic heterocycles.